The molecule has 0 spiro atoms. The molecule has 0 aliphatic heterocycles. The number of hydrogen-bond donors (Lipinski definition) is 1. The van der Waals surface area contributed by atoms with Crippen LogP contribution < -0.4 is 5.32 Å². The van der Waals surface area contributed by atoms with Crippen LogP contribution in [0.25, 0.3) is 0 Å². The van der Waals surface area contributed by atoms with Gasteiger partial charge in [-0.05, 0) is 37.3 Å². The van der Waals surface area contributed by atoms with Gasteiger partial charge < -0.3 is 5.32 Å². The SMILES string of the molecule is CCNC(CCCC(F)(F)F)c1scc(C)c1Cl. The van der Waals surface area contributed by atoms with Gasteiger partial charge in [-0.15, -0.1) is 11.3 Å². The summed E-state index contributed by atoms with van der Waals surface area (Å²) in [6, 6.07) is -0.0800. The van der Waals surface area contributed by atoms with E-state index in [4.69, 9.17) is 11.6 Å². The summed E-state index contributed by atoms with van der Waals surface area (Å²) in [6.45, 7) is 4.55. The zero-order chi connectivity index (χ0) is 13.8. The highest BCUT2D eigenvalue weighted by atomic mass is 35.5. The Morgan fingerprint density at radius 3 is 2.56 bits per heavy atom. The maximum atomic E-state index is 12.1. The molecule has 0 fully saturated rings. The maximum absolute atomic E-state index is 12.1. The smallest absolute Gasteiger partial charge is 0.309 e. The Labute approximate surface area is 114 Å². The fourth-order valence-corrected chi connectivity index (χ4v) is 3.20. The van der Waals surface area contributed by atoms with Crippen LogP contribution in [0.1, 0.15) is 42.7 Å². The number of halogens is 4. The minimum atomic E-state index is -4.08. The van der Waals surface area contributed by atoms with Crippen LogP contribution in [-0.2, 0) is 0 Å². The molecule has 0 aliphatic carbocycles. The van der Waals surface area contributed by atoms with Crippen molar-refractivity contribution in [2.45, 2.75) is 45.3 Å². The Morgan fingerprint density at radius 1 is 1.44 bits per heavy atom. The summed E-state index contributed by atoms with van der Waals surface area (Å²) < 4.78 is 36.4. The molecule has 104 valence electrons. The molecule has 0 aliphatic rings. The molecular weight excluding hydrogens is 283 g/mol. The first-order chi connectivity index (χ1) is 8.35. The lowest BCUT2D eigenvalue weighted by Crippen LogP contribution is -2.21. The highest BCUT2D eigenvalue weighted by molar-refractivity contribution is 7.10. The highest BCUT2D eigenvalue weighted by Gasteiger charge is 2.27. The summed E-state index contributed by atoms with van der Waals surface area (Å²) in [6.07, 6.45) is -4.25. The Bertz CT molecular complexity index is 376. The van der Waals surface area contributed by atoms with E-state index in [-0.39, 0.29) is 12.5 Å². The molecule has 1 atom stereocenters. The van der Waals surface area contributed by atoms with Gasteiger partial charge in [-0.2, -0.15) is 13.2 Å². The zero-order valence-electron chi connectivity index (χ0n) is 10.4. The van der Waals surface area contributed by atoms with E-state index in [0.717, 1.165) is 10.4 Å². The number of alkyl halides is 3. The van der Waals surface area contributed by atoms with E-state index in [1.54, 1.807) is 0 Å². The van der Waals surface area contributed by atoms with E-state index >= 15 is 0 Å². The Morgan fingerprint density at radius 2 is 2.11 bits per heavy atom. The van der Waals surface area contributed by atoms with E-state index < -0.39 is 12.6 Å². The first-order valence-electron chi connectivity index (χ1n) is 5.88. The van der Waals surface area contributed by atoms with Gasteiger partial charge in [0, 0.05) is 17.3 Å². The molecule has 1 unspecified atom stereocenters. The van der Waals surface area contributed by atoms with Gasteiger partial charge in [0.1, 0.15) is 0 Å². The maximum Gasteiger partial charge on any atom is 0.389 e. The second-order valence-corrected chi connectivity index (χ2v) is 5.50. The Kier molecular flexibility index (Phi) is 5.95. The van der Waals surface area contributed by atoms with Crippen molar-refractivity contribution in [1.29, 1.82) is 0 Å². The zero-order valence-corrected chi connectivity index (χ0v) is 12.0. The largest absolute Gasteiger partial charge is 0.389 e. The first-order valence-corrected chi connectivity index (χ1v) is 7.14. The van der Waals surface area contributed by atoms with E-state index in [1.165, 1.54) is 11.3 Å². The molecule has 0 saturated heterocycles. The summed E-state index contributed by atoms with van der Waals surface area (Å²) in [5.41, 5.74) is 0.982. The van der Waals surface area contributed by atoms with E-state index in [0.29, 0.717) is 18.0 Å². The second-order valence-electron chi connectivity index (χ2n) is 4.21. The molecule has 1 aromatic heterocycles. The molecule has 1 rings (SSSR count). The van der Waals surface area contributed by atoms with Crippen LogP contribution in [0.5, 0.6) is 0 Å². The molecule has 0 radical (unpaired) electrons. The predicted molar refractivity (Wildman–Crippen MR) is 70.4 cm³/mol. The third kappa shape index (κ3) is 4.78. The quantitative estimate of drug-likeness (QED) is 0.771. The molecule has 0 saturated carbocycles. The van der Waals surface area contributed by atoms with Crippen molar-refractivity contribution in [2.75, 3.05) is 6.54 Å². The third-order valence-corrected chi connectivity index (χ3v) is 4.47. The van der Waals surface area contributed by atoms with Gasteiger partial charge in [0.05, 0.1) is 5.02 Å². The molecule has 0 amide bonds. The molecular formula is C12H17ClF3NS. The van der Waals surface area contributed by atoms with Crippen molar-refractivity contribution in [3.63, 3.8) is 0 Å². The van der Waals surface area contributed by atoms with Crippen molar-refractivity contribution in [1.82, 2.24) is 5.32 Å². The lowest BCUT2D eigenvalue weighted by Gasteiger charge is -2.17. The number of rotatable bonds is 6. The third-order valence-electron chi connectivity index (χ3n) is 2.65. The minimum absolute atomic E-state index is 0.0800. The lowest BCUT2D eigenvalue weighted by atomic mass is 10.1. The predicted octanol–water partition coefficient (Wildman–Crippen LogP) is 5.09. The van der Waals surface area contributed by atoms with E-state index in [1.807, 2.05) is 19.2 Å². The summed E-state index contributed by atoms with van der Waals surface area (Å²) in [4.78, 5) is 0.943. The summed E-state index contributed by atoms with van der Waals surface area (Å²) in [5, 5.41) is 5.81. The lowest BCUT2D eigenvalue weighted by molar-refractivity contribution is -0.135. The number of nitrogens with one attached hydrogen (secondary N) is 1. The molecule has 18 heavy (non-hydrogen) atoms. The first kappa shape index (κ1) is 15.8. The van der Waals surface area contributed by atoms with Crippen molar-refractivity contribution < 1.29 is 13.2 Å². The van der Waals surface area contributed by atoms with Gasteiger partial charge >= 0.3 is 6.18 Å². The van der Waals surface area contributed by atoms with Gasteiger partial charge in [0.25, 0.3) is 0 Å². The molecule has 1 heterocycles. The topological polar surface area (TPSA) is 12.0 Å². The van der Waals surface area contributed by atoms with Crippen LogP contribution >= 0.6 is 22.9 Å². The van der Waals surface area contributed by atoms with Gasteiger partial charge in [-0.25, -0.2) is 0 Å². The van der Waals surface area contributed by atoms with Gasteiger partial charge in [0.2, 0.25) is 0 Å². The van der Waals surface area contributed by atoms with Crippen LogP contribution in [0.15, 0.2) is 5.38 Å². The fourth-order valence-electron chi connectivity index (χ4n) is 1.76. The van der Waals surface area contributed by atoms with Crippen molar-refractivity contribution in [2.24, 2.45) is 0 Å². The molecule has 6 heteroatoms. The van der Waals surface area contributed by atoms with E-state index in [9.17, 15) is 13.2 Å². The second kappa shape index (κ2) is 6.78. The van der Waals surface area contributed by atoms with Crippen LogP contribution in [0, 0.1) is 6.92 Å². The van der Waals surface area contributed by atoms with Crippen molar-refractivity contribution >= 4 is 22.9 Å². The van der Waals surface area contributed by atoms with Crippen LogP contribution in [0.2, 0.25) is 5.02 Å². The van der Waals surface area contributed by atoms with Crippen molar-refractivity contribution in [3.8, 4) is 0 Å². The fraction of sp³-hybridized carbons (Fsp3) is 0.667. The average Bonchev–Trinajstić information content (AvgIpc) is 2.57. The van der Waals surface area contributed by atoms with E-state index in [2.05, 4.69) is 5.32 Å². The molecule has 1 aromatic rings. The van der Waals surface area contributed by atoms with Gasteiger partial charge in [-0.3, -0.25) is 0 Å². The summed E-state index contributed by atoms with van der Waals surface area (Å²) in [7, 11) is 0. The normalized spacial score (nSPS) is 13.9. The van der Waals surface area contributed by atoms with Crippen molar-refractivity contribution in [3.05, 3.63) is 20.8 Å². The van der Waals surface area contributed by atoms with Gasteiger partial charge in [0.15, 0.2) is 0 Å². The minimum Gasteiger partial charge on any atom is -0.309 e. The Hall–Kier alpha value is -0.260. The number of hydrogen-bond acceptors (Lipinski definition) is 2. The Balaban J connectivity index is 2.63. The summed E-state index contributed by atoms with van der Waals surface area (Å²) >= 11 is 7.66. The average molecular weight is 300 g/mol. The molecule has 0 bridgehead atoms. The van der Waals surface area contributed by atoms with Crippen LogP contribution in [0.4, 0.5) is 13.2 Å². The summed E-state index contributed by atoms with van der Waals surface area (Å²) in [5.74, 6) is 0. The standard InChI is InChI=1S/C12H17ClF3NS/c1-3-17-9(5-4-6-12(14,15)16)11-10(13)8(2)7-18-11/h7,9,17H,3-6H2,1-2H3. The van der Waals surface area contributed by atoms with Gasteiger partial charge in [-0.1, -0.05) is 18.5 Å². The molecule has 0 aromatic carbocycles. The highest BCUT2D eigenvalue weighted by Crippen LogP contribution is 2.35. The molecule has 1 nitrogen and oxygen atoms in total. The van der Waals surface area contributed by atoms with Crippen LogP contribution in [-0.4, -0.2) is 12.7 Å². The van der Waals surface area contributed by atoms with Crippen LogP contribution in [0.3, 0.4) is 0 Å². The molecule has 1 N–H and O–H groups in total. The number of thiophene rings is 1. The number of aryl methyl sites for hydroxylation is 1. The monoisotopic (exact) mass is 299 g/mol.